The summed E-state index contributed by atoms with van der Waals surface area (Å²) in [4.78, 5) is 16.6. The highest BCUT2D eigenvalue weighted by atomic mass is 32.2. The number of aromatic carboxylic acids is 1. The number of carbonyl (C=O) groups is 1. The minimum atomic E-state index is -3.68. The lowest BCUT2D eigenvalue weighted by molar-refractivity contribution is 0.0696. The lowest BCUT2D eigenvalue weighted by Gasteiger charge is -2.28. The molecule has 1 aromatic heterocycles. The van der Waals surface area contributed by atoms with Gasteiger partial charge in [-0.25, -0.2) is 22.9 Å². The van der Waals surface area contributed by atoms with E-state index in [9.17, 15) is 13.2 Å². The standard InChI is InChI=1S/C13H19N3O4S/c1-16-6-4-10(5-7-16)8-15-21(19,20)12-3-2-11(9-14-12)13(17)18/h2-3,9-10,15H,4-8H2,1H3,(H,17,18). The van der Waals surface area contributed by atoms with E-state index in [1.165, 1.54) is 12.1 Å². The molecule has 0 radical (unpaired) electrons. The minimum absolute atomic E-state index is 0.0377. The fourth-order valence-corrected chi connectivity index (χ4v) is 3.28. The zero-order chi connectivity index (χ0) is 15.5. The first-order chi connectivity index (χ1) is 9.88. The number of hydrogen-bond acceptors (Lipinski definition) is 5. The molecule has 116 valence electrons. The van der Waals surface area contributed by atoms with E-state index in [1.807, 2.05) is 7.05 Å². The molecule has 2 N–H and O–H groups in total. The molecule has 2 heterocycles. The van der Waals surface area contributed by atoms with Crippen LogP contribution in [0.5, 0.6) is 0 Å². The zero-order valence-corrected chi connectivity index (χ0v) is 12.6. The molecule has 0 spiro atoms. The quantitative estimate of drug-likeness (QED) is 0.816. The van der Waals surface area contributed by atoms with Crippen LogP contribution in [0.1, 0.15) is 23.2 Å². The van der Waals surface area contributed by atoms with Crippen LogP contribution in [0.2, 0.25) is 0 Å². The van der Waals surface area contributed by atoms with Crippen molar-refractivity contribution >= 4 is 16.0 Å². The molecule has 1 aliphatic heterocycles. The van der Waals surface area contributed by atoms with Gasteiger partial charge in [-0.1, -0.05) is 0 Å². The van der Waals surface area contributed by atoms with Crippen LogP contribution in [0.15, 0.2) is 23.4 Å². The van der Waals surface area contributed by atoms with Crippen LogP contribution in [0.25, 0.3) is 0 Å². The van der Waals surface area contributed by atoms with Crippen molar-refractivity contribution in [3.63, 3.8) is 0 Å². The van der Waals surface area contributed by atoms with Crippen LogP contribution in [0, 0.1) is 5.92 Å². The Morgan fingerprint density at radius 3 is 2.62 bits per heavy atom. The summed E-state index contributed by atoms with van der Waals surface area (Å²) in [5, 5.41) is 8.61. The largest absolute Gasteiger partial charge is 0.478 e. The number of nitrogens with one attached hydrogen (secondary N) is 1. The number of piperidine rings is 1. The van der Waals surface area contributed by atoms with Crippen LogP contribution in [-0.4, -0.2) is 56.1 Å². The molecule has 21 heavy (non-hydrogen) atoms. The number of aromatic nitrogens is 1. The molecule has 1 aliphatic rings. The van der Waals surface area contributed by atoms with Crippen LogP contribution < -0.4 is 4.72 Å². The van der Waals surface area contributed by atoms with E-state index >= 15 is 0 Å². The van der Waals surface area contributed by atoms with Crippen molar-refractivity contribution < 1.29 is 18.3 Å². The van der Waals surface area contributed by atoms with Crippen LogP contribution in [-0.2, 0) is 10.0 Å². The van der Waals surface area contributed by atoms with Gasteiger partial charge in [-0.2, -0.15) is 0 Å². The van der Waals surface area contributed by atoms with Crippen LogP contribution in [0.3, 0.4) is 0 Å². The normalized spacial score (nSPS) is 17.8. The Kier molecular flexibility index (Phi) is 4.92. The molecule has 7 nitrogen and oxygen atoms in total. The lowest BCUT2D eigenvalue weighted by Crippen LogP contribution is -2.37. The molecule has 1 saturated heterocycles. The summed E-state index contributed by atoms with van der Waals surface area (Å²) < 4.78 is 26.7. The van der Waals surface area contributed by atoms with Gasteiger partial charge in [0.2, 0.25) is 0 Å². The Labute approximate surface area is 124 Å². The Balaban J connectivity index is 1.96. The van der Waals surface area contributed by atoms with E-state index in [2.05, 4.69) is 14.6 Å². The second kappa shape index (κ2) is 6.50. The number of pyridine rings is 1. The summed E-state index contributed by atoms with van der Waals surface area (Å²) in [7, 11) is -1.63. The third-order valence-corrected chi connectivity index (χ3v) is 5.00. The second-order valence-electron chi connectivity index (χ2n) is 5.29. The first-order valence-corrected chi connectivity index (χ1v) is 8.24. The Hall–Kier alpha value is -1.51. The van der Waals surface area contributed by atoms with Crippen LogP contribution in [0.4, 0.5) is 0 Å². The van der Waals surface area contributed by atoms with Gasteiger partial charge in [0.05, 0.1) is 5.56 Å². The number of carboxylic acids is 1. The summed E-state index contributed by atoms with van der Waals surface area (Å²) in [6.07, 6.45) is 2.97. The predicted octanol–water partition coefficient (Wildman–Crippen LogP) is 0.400. The third kappa shape index (κ3) is 4.23. The van der Waals surface area contributed by atoms with Crippen molar-refractivity contribution in [1.82, 2.24) is 14.6 Å². The molecule has 2 rings (SSSR count). The molecule has 1 fully saturated rings. The fourth-order valence-electron chi connectivity index (χ4n) is 2.23. The van der Waals surface area contributed by atoms with Gasteiger partial charge < -0.3 is 10.0 Å². The van der Waals surface area contributed by atoms with Gasteiger partial charge in [-0.15, -0.1) is 0 Å². The van der Waals surface area contributed by atoms with Crippen molar-refractivity contribution in [3.8, 4) is 0 Å². The summed E-state index contributed by atoms with van der Waals surface area (Å²) in [5.74, 6) is -0.806. The summed E-state index contributed by atoms with van der Waals surface area (Å²) in [5.41, 5.74) is -0.0377. The van der Waals surface area contributed by atoms with E-state index in [0.29, 0.717) is 12.5 Å². The molecule has 0 amide bonds. The monoisotopic (exact) mass is 313 g/mol. The predicted molar refractivity (Wildman–Crippen MR) is 76.6 cm³/mol. The number of likely N-dealkylation sites (tertiary alicyclic amines) is 1. The number of hydrogen-bond donors (Lipinski definition) is 2. The van der Waals surface area contributed by atoms with E-state index in [4.69, 9.17) is 5.11 Å². The molecular formula is C13H19N3O4S. The van der Waals surface area contributed by atoms with Crippen molar-refractivity contribution in [2.75, 3.05) is 26.7 Å². The van der Waals surface area contributed by atoms with E-state index < -0.39 is 16.0 Å². The molecule has 0 atom stereocenters. The number of sulfonamides is 1. The van der Waals surface area contributed by atoms with Gasteiger partial charge in [0.15, 0.2) is 5.03 Å². The number of carboxylic acid groups (broad SMARTS) is 1. The highest BCUT2D eigenvalue weighted by molar-refractivity contribution is 7.89. The third-order valence-electron chi connectivity index (χ3n) is 3.66. The lowest BCUT2D eigenvalue weighted by atomic mass is 9.98. The first kappa shape index (κ1) is 15.9. The highest BCUT2D eigenvalue weighted by Gasteiger charge is 2.21. The minimum Gasteiger partial charge on any atom is -0.478 e. The summed E-state index contributed by atoms with van der Waals surface area (Å²) in [6.45, 7) is 2.33. The number of rotatable bonds is 5. The maximum atomic E-state index is 12.1. The van der Waals surface area contributed by atoms with Gasteiger partial charge in [0.1, 0.15) is 0 Å². The van der Waals surface area contributed by atoms with Crippen molar-refractivity contribution in [2.24, 2.45) is 5.92 Å². The molecule has 0 unspecified atom stereocenters. The van der Waals surface area contributed by atoms with Gasteiger partial charge in [0.25, 0.3) is 10.0 Å². The molecule has 1 aromatic rings. The average Bonchev–Trinajstić information content (AvgIpc) is 2.47. The van der Waals surface area contributed by atoms with Crippen LogP contribution >= 0.6 is 0 Å². The van der Waals surface area contributed by atoms with Crippen molar-refractivity contribution in [2.45, 2.75) is 17.9 Å². The number of nitrogens with zero attached hydrogens (tertiary/aromatic N) is 2. The molecule has 0 saturated carbocycles. The maximum Gasteiger partial charge on any atom is 0.337 e. The second-order valence-corrected chi connectivity index (χ2v) is 7.00. The highest BCUT2D eigenvalue weighted by Crippen LogP contribution is 2.16. The molecular weight excluding hydrogens is 294 g/mol. The van der Waals surface area contributed by atoms with E-state index in [-0.39, 0.29) is 10.6 Å². The van der Waals surface area contributed by atoms with Gasteiger partial charge in [-0.05, 0) is 51.0 Å². The SMILES string of the molecule is CN1CCC(CNS(=O)(=O)c2ccc(C(=O)O)cn2)CC1. The maximum absolute atomic E-state index is 12.1. The van der Waals surface area contributed by atoms with E-state index in [1.54, 1.807) is 0 Å². The Morgan fingerprint density at radius 2 is 2.10 bits per heavy atom. The molecule has 0 aromatic carbocycles. The topological polar surface area (TPSA) is 99.6 Å². The summed E-state index contributed by atoms with van der Waals surface area (Å²) >= 11 is 0. The van der Waals surface area contributed by atoms with Gasteiger partial charge in [-0.3, -0.25) is 0 Å². The van der Waals surface area contributed by atoms with Gasteiger partial charge >= 0.3 is 5.97 Å². The summed E-state index contributed by atoms with van der Waals surface area (Å²) in [6, 6.07) is 2.44. The fraction of sp³-hybridized carbons (Fsp3) is 0.538. The zero-order valence-electron chi connectivity index (χ0n) is 11.8. The molecule has 0 aliphatic carbocycles. The molecule has 8 heteroatoms. The average molecular weight is 313 g/mol. The smallest absolute Gasteiger partial charge is 0.337 e. The van der Waals surface area contributed by atoms with Crippen molar-refractivity contribution in [3.05, 3.63) is 23.9 Å². The van der Waals surface area contributed by atoms with Crippen molar-refractivity contribution in [1.29, 1.82) is 0 Å². The Bertz CT molecular complexity index is 592. The molecule has 0 bridgehead atoms. The van der Waals surface area contributed by atoms with E-state index in [0.717, 1.165) is 32.1 Å². The first-order valence-electron chi connectivity index (χ1n) is 6.76. The van der Waals surface area contributed by atoms with Gasteiger partial charge in [0, 0.05) is 12.7 Å². The Morgan fingerprint density at radius 1 is 1.43 bits per heavy atom.